The maximum atomic E-state index is 12.7. The molecule has 1 atom stereocenters. The van der Waals surface area contributed by atoms with Gasteiger partial charge in [0.05, 0.1) is 5.41 Å². The molecule has 0 spiro atoms. The Bertz CT molecular complexity index is 455. The van der Waals surface area contributed by atoms with Gasteiger partial charge >= 0.3 is 0 Å². The molecular weight excluding hydrogens is 260 g/mol. The van der Waals surface area contributed by atoms with E-state index >= 15 is 0 Å². The number of rotatable bonds is 4. The number of nitrogens with zero attached hydrogens (tertiary/aromatic N) is 1. The first-order chi connectivity index (χ1) is 9.09. The Balaban J connectivity index is 2.09. The number of carbonyl (C=O) groups excluding carboxylic acids is 1. The number of hydrogen-bond donors (Lipinski definition) is 1. The molecule has 0 saturated carbocycles. The van der Waals surface area contributed by atoms with E-state index < -0.39 is 0 Å². The Morgan fingerprint density at radius 3 is 2.79 bits per heavy atom. The fourth-order valence-corrected chi connectivity index (χ4v) is 2.93. The minimum atomic E-state index is -0.226. The summed E-state index contributed by atoms with van der Waals surface area (Å²) in [7, 11) is 1.86. The highest BCUT2D eigenvalue weighted by Gasteiger charge is 2.41. The summed E-state index contributed by atoms with van der Waals surface area (Å²) in [5.41, 5.74) is 0.771. The van der Waals surface area contributed by atoms with E-state index in [4.69, 9.17) is 11.6 Å². The topological polar surface area (TPSA) is 32.3 Å². The van der Waals surface area contributed by atoms with Crippen LogP contribution in [-0.4, -0.2) is 30.9 Å². The Labute approximate surface area is 119 Å². The van der Waals surface area contributed by atoms with Gasteiger partial charge in [-0.05, 0) is 31.0 Å². The summed E-state index contributed by atoms with van der Waals surface area (Å²) in [6, 6.07) is 7.69. The molecule has 0 aliphatic carbocycles. The van der Waals surface area contributed by atoms with Gasteiger partial charge in [-0.15, -0.1) is 0 Å². The lowest BCUT2D eigenvalue weighted by Crippen LogP contribution is -2.42. The molecule has 0 radical (unpaired) electrons. The van der Waals surface area contributed by atoms with Gasteiger partial charge in [0.15, 0.2) is 0 Å². The molecule has 1 N–H and O–H groups in total. The van der Waals surface area contributed by atoms with Gasteiger partial charge < -0.3 is 10.2 Å². The number of benzene rings is 1. The minimum Gasteiger partial charge on any atom is -0.341 e. The highest BCUT2D eigenvalue weighted by atomic mass is 35.5. The van der Waals surface area contributed by atoms with Gasteiger partial charge in [-0.25, -0.2) is 0 Å². The SMILES string of the molecule is CCC1(C(=O)N(C)Cc2ccccc2Cl)CCNC1. The predicted molar refractivity (Wildman–Crippen MR) is 78.1 cm³/mol. The minimum absolute atomic E-state index is 0.222. The van der Waals surface area contributed by atoms with Crippen LogP contribution in [0, 0.1) is 5.41 Å². The van der Waals surface area contributed by atoms with Crippen molar-refractivity contribution < 1.29 is 4.79 Å². The van der Waals surface area contributed by atoms with Crippen molar-refractivity contribution in [3.8, 4) is 0 Å². The predicted octanol–water partition coefficient (Wildman–Crippen LogP) is 2.69. The molecule has 19 heavy (non-hydrogen) atoms. The van der Waals surface area contributed by atoms with Gasteiger partial charge in [-0.1, -0.05) is 36.7 Å². The summed E-state index contributed by atoms with van der Waals surface area (Å²) in [4.78, 5) is 14.5. The van der Waals surface area contributed by atoms with E-state index in [1.807, 2.05) is 31.3 Å². The summed E-state index contributed by atoms with van der Waals surface area (Å²) >= 11 is 6.15. The van der Waals surface area contributed by atoms with E-state index in [-0.39, 0.29) is 11.3 Å². The first-order valence-corrected chi connectivity index (χ1v) is 7.16. The van der Waals surface area contributed by atoms with Gasteiger partial charge in [0.1, 0.15) is 0 Å². The van der Waals surface area contributed by atoms with Crippen LogP contribution in [-0.2, 0) is 11.3 Å². The highest BCUT2D eigenvalue weighted by Crippen LogP contribution is 2.32. The van der Waals surface area contributed by atoms with E-state index in [1.54, 1.807) is 4.90 Å². The molecule has 4 heteroatoms. The Morgan fingerprint density at radius 2 is 2.21 bits per heavy atom. The monoisotopic (exact) mass is 280 g/mol. The molecule has 1 amide bonds. The molecule has 1 aliphatic rings. The summed E-state index contributed by atoms with van der Waals surface area (Å²) < 4.78 is 0. The average Bonchev–Trinajstić information content (AvgIpc) is 2.90. The number of amides is 1. The molecule has 0 aromatic heterocycles. The second-order valence-electron chi connectivity index (χ2n) is 5.31. The maximum absolute atomic E-state index is 12.7. The molecule has 1 fully saturated rings. The van der Waals surface area contributed by atoms with Crippen LogP contribution in [0.2, 0.25) is 5.02 Å². The van der Waals surface area contributed by atoms with Crippen molar-refractivity contribution >= 4 is 17.5 Å². The van der Waals surface area contributed by atoms with Gasteiger partial charge in [0.25, 0.3) is 0 Å². The fourth-order valence-electron chi connectivity index (χ4n) is 2.74. The molecule has 3 nitrogen and oxygen atoms in total. The van der Waals surface area contributed by atoms with Crippen molar-refractivity contribution in [2.75, 3.05) is 20.1 Å². The first kappa shape index (κ1) is 14.4. The maximum Gasteiger partial charge on any atom is 0.230 e. The van der Waals surface area contributed by atoms with Crippen LogP contribution in [0.1, 0.15) is 25.3 Å². The molecule has 2 rings (SSSR count). The third-order valence-corrected chi connectivity index (χ3v) is 4.45. The molecule has 1 aromatic rings. The smallest absolute Gasteiger partial charge is 0.230 e. The van der Waals surface area contributed by atoms with E-state index in [0.717, 1.165) is 36.5 Å². The zero-order valence-corrected chi connectivity index (χ0v) is 12.3. The first-order valence-electron chi connectivity index (χ1n) is 6.79. The van der Waals surface area contributed by atoms with Crippen LogP contribution in [0.5, 0.6) is 0 Å². The molecular formula is C15H21ClN2O. The third kappa shape index (κ3) is 2.93. The van der Waals surface area contributed by atoms with Crippen molar-refractivity contribution in [1.82, 2.24) is 10.2 Å². The quantitative estimate of drug-likeness (QED) is 0.920. The fraction of sp³-hybridized carbons (Fsp3) is 0.533. The van der Waals surface area contributed by atoms with Crippen molar-refractivity contribution in [3.05, 3.63) is 34.9 Å². The van der Waals surface area contributed by atoms with Crippen LogP contribution in [0.3, 0.4) is 0 Å². The lowest BCUT2D eigenvalue weighted by atomic mass is 9.83. The van der Waals surface area contributed by atoms with Gasteiger partial charge in [-0.3, -0.25) is 4.79 Å². The summed E-state index contributed by atoms with van der Waals surface area (Å²) in [5, 5.41) is 4.02. The van der Waals surface area contributed by atoms with Crippen LogP contribution >= 0.6 is 11.6 Å². The molecule has 1 saturated heterocycles. The normalized spacial score (nSPS) is 22.5. The second kappa shape index (κ2) is 5.93. The second-order valence-corrected chi connectivity index (χ2v) is 5.72. The largest absolute Gasteiger partial charge is 0.341 e. The summed E-state index contributed by atoms with van der Waals surface area (Å²) in [5.74, 6) is 0.222. The van der Waals surface area contributed by atoms with Crippen LogP contribution in [0.15, 0.2) is 24.3 Å². The molecule has 1 heterocycles. The average molecular weight is 281 g/mol. The lowest BCUT2D eigenvalue weighted by Gasteiger charge is -2.31. The standard InChI is InChI=1S/C15H21ClN2O/c1-3-15(8-9-17-11-15)14(19)18(2)10-12-6-4-5-7-13(12)16/h4-7,17H,3,8-11H2,1-2H3. The third-order valence-electron chi connectivity index (χ3n) is 4.09. The van der Waals surface area contributed by atoms with Gasteiger partial charge in [-0.2, -0.15) is 0 Å². The molecule has 1 aliphatic heterocycles. The van der Waals surface area contributed by atoms with Gasteiger partial charge in [0, 0.05) is 25.2 Å². The van der Waals surface area contributed by atoms with E-state index in [2.05, 4.69) is 12.2 Å². The lowest BCUT2D eigenvalue weighted by molar-refractivity contribution is -0.140. The van der Waals surface area contributed by atoms with Crippen LogP contribution in [0.4, 0.5) is 0 Å². The van der Waals surface area contributed by atoms with Crippen LogP contribution < -0.4 is 5.32 Å². The number of carbonyl (C=O) groups is 1. The number of halogens is 1. The molecule has 104 valence electrons. The van der Waals surface area contributed by atoms with E-state index in [9.17, 15) is 4.79 Å². The number of hydrogen-bond acceptors (Lipinski definition) is 2. The van der Waals surface area contributed by atoms with Crippen molar-refractivity contribution in [2.45, 2.75) is 26.3 Å². The summed E-state index contributed by atoms with van der Waals surface area (Å²) in [6.45, 7) is 4.38. The van der Waals surface area contributed by atoms with Crippen molar-refractivity contribution in [2.24, 2.45) is 5.41 Å². The molecule has 1 unspecified atom stereocenters. The zero-order chi connectivity index (χ0) is 13.9. The zero-order valence-electron chi connectivity index (χ0n) is 11.6. The van der Waals surface area contributed by atoms with Gasteiger partial charge in [0.2, 0.25) is 5.91 Å². The Kier molecular flexibility index (Phi) is 4.48. The van der Waals surface area contributed by atoms with Crippen molar-refractivity contribution in [1.29, 1.82) is 0 Å². The summed E-state index contributed by atoms with van der Waals surface area (Å²) in [6.07, 6.45) is 1.81. The van der Waals surface area contributed by atoms with Crippen LogP contribution in [0.25, 0.3) is 0 Å². The molecule has 1 aromatic carbocycles. The Hall–Kier alpha value is -1.06. The Morgan fingerprint density at radius 1 is 1.47 bits per heavy atom. The molecule has 0 bridgehead atoms. The van der Waals surface area contributed by atoms with Crippen molar-refractivity contribution in [3.63, 3.8) is 0 Å². The highest BCUT2D eigenvalue weighted by molar-refractivity contribution is 6.31. The number of nitrogens with one attached hydrogen (secondary N) is 1. The van der Waals surface area contributed by atoms with E-state index in [1.165, 1.54) is 0 Å². The van der Waals surface area contributed by atoms with E-state index in [0.29, 0.717) is 6.54 Å².